The lowest BCUT2D eigenvalue weighted by atomic mass is 9.96. The maximum atomic E-state index is 9.37. The fourth-order valence-electron chi connectivity index (χ4n) is 1.76. The summed E-state index contributed by atoms with van der Waals surface area (Å²) in [5.41, 5.74) is 5.14. The Bertz CT molecular complexity index is 388. The quantitative estimate of drug-likeness (QED) is 0.462. The highest BCUT2D eigenvalue weighted by molar-refractivity contribution is 5.44. The minimum absolute atomic E-state index is 0.616. The molecule has 0 bridgehead atoms. The van der Waals surface area contributed by atoms with Crippen LogP contribution in [0.25, 0.3) is 0 Å². The predicted molar refractivity (Wildman–Crippen MR) is 63.1 cm³/mol. The van der Waals surface area contributed by atoms with Crippen LogP contribution in [0.4, 0.5) is 0 Å². The molecule has 3 nitrogen and oxygen atoms in total. The van der Waals surface area contributed by atoms with Gasteiger partial charge in [-0.15, -0.1) is 5.48 Å². The summed E-state index contributed by atoms with van der Waals surface area (Å²) >= 11 is 0. The number of rotatable bonds is 4. The average molecular weight is 219 g/mol. The molecule has 2 rings (SSSR count). The molecule has 1 aliphatic carbocycles. The van der Waals surface area contributed by atoms with E-state index in [1.807, 2.05) is 19.1 Å². The zero-order valence-electron chi connectivity index (χ0n) is 9.44. The van der Waals surface area contributed by atoms with Gasteiger partial charge < -0.3 is 9.94 Å². The van der Waals surface area contributed by atoms with Gasteiger partial charge in [0, 0.05) is 5.56 Å². The number of aliphatic hydroxyl groups is 1. The Labute approximate surface area is 95.7 Å². The first-order chi connectivity index (χ1) is 7.81. The average Bonchev–Trinajstić information content (AvgIpc) is 2.35. The minimum Gasteiger partial charge on any atom is -0.406 e. The molecule has 1 unspecified atom stereocenters. The van der Waals surface area contributed by atoms with Gasteiger partial charge in [0.25, 0.3) is 0 Å². The normalized spacial score (nSPS) is 15.6. The lowest BCUT2D eigenvalue weighted by Crippen LogP contribution is -2.31. The highest BCUT2D eigenvalue weighted by atomic mass is 16.7. The number of hydrogen-bond donors (Lipinski definition) is 2. The van der Waals surface area contributed by atoms with Gasteiger partial charge in [-0.2, -0.15) is 0 Å². The van der Waals surface area contributed by atoms with Gasteiger partial charge in [0.15, 0.2) is 5.75 Å². The Morgan fingerprint density at radius 1 is 1.38 bits per heavy atom. The topological polar surface area (TPSA) is 41.5 Å². The monoisotopic (exact) mass is 219 g/mol. The van der Waals surface area contributed by atoms with E-state index in [0.717, 1.165) is 18.6 Å². The van der Waals surface area contributed by atoms with Crippen molar-refractivity contribution >= 4 is 0 Å². The zero-order chi connectivity index (χ0) is 11.4. The molecular formula is C13H17NO2. The number of benzene rings is 1. The summed E-state index contributed by atoms with van der Waals surface area (Å²) in [6.07, 6.45) is 6.17. The smallest absolute Gasteiger partial charge is 0.151 e. The summed E-state index contributed by atoms with van der Waals surface area (Å²) in [6.45, 7) is 1.89. The van der Waals surface area contributed by atoms with Crippen molar-refractivity contribution in [3.63, 3.8) is 0 Å². The fraction of sp³-hybridized carbons (Fsp3) is 0.385. The van der Waals surface area contributed by atoms with Crippen LogP contribution in [0, 0.1) is 0 Å². The molecule has 0 aliphatic heterocycles. The van der Waals surface area contributed by atoms with Crippen LogP contribution in [0.5, 0.6) is 5.75 Å². The van der Waals surface area contributed by atoms with Crippen molar-refractivity contribution in [1.82, 2.24) is 5.48 Å². The summed E-state index contributed by atoms with van der Waals surface area (Å²) in [5.74, 6) is 0.814. The van der Waals surface area contributed by atoms with E-state index in [0.29, 0.717) is 6.42 Å². The molecule has 0 spiro atoms. The van der Waals surface area contributed by atoms with E-state index >= 15 is 0 Å². The first-order valence-electron chi connectivity index (χ1n) is 5.67. The molecule has 0 saturated carbocycles. The van der Waals surface area contributed by atoms with Gasteiger partial charge in [0.2, 0.25) is 0 Å². The van der Waals surface area contributed by atoms with Crippen molar-refractivity contribution in [2.24, 2.45) is 0 Å². The standard InChI is InChI=1S/C13H17NO2/c1-2-13(15)14-16-12-9-5-7-10-6-3-4-8-11(10)12/h3-5,7,9,13-15H,2,6,8H2,1H3. The molecule has 16 heavy (non-hydrogen) atoms. The number of aliphatic hydroxyl groups excluding tert-OH is 1. The molecular weight excluding hydrogens is 202 g/mol. The molecule has 2 N–H and O–H groups in total. The summed E-state index contributed by atoms with van der Waals surface area (Å²) in [5, 5.41) is 9.37. The molecule has 0 fully saturated rings. The summed E-state index contributed by atoms with van der Waals surface area (Å²) in [4.78, 5) is 5.42. The fourth-order valence-corrected chi connectivity index (χ4v) is 1.76. The minimum atomic E-state index is -0.616. The number of hydroxylamine groups is 1. The predicted octanol–water partition coefficient (Wildman–Crippen LogP) is 1.95. The summed E-state index contributed by atoms with van der Waals surface area (Å²) < 4.78 is 0. The van der Waals surface area contributed by atoms with Crippen LogP contribution < -0.4 is 10.3 Å². The van der Waals surface area contributed by atoms with E-state index in [4.69, 9.17) is 4.84 Å². The number of fused-ring (bicyclic) bond motifs is 1. The van der Waals surface area contributed by atoms with Gasteiger partial charge in [-0.05, 0) is 30.9 Å². The molecule has 1 atom stereocenters. The van der Waals surface area contributed by atoms with Crippen LogP contribution in [0.3, 0.4) is 0 Å². The third kappa shape index (κ3) is 2.43. The van der Waals surface area contributed by atoms with Gasteiger partial charge in [-0.25, -0.2) is 0 Å². The lowest BCUT2D eigenvalue weighted by Gasteiger charge is -2.17. The van der Waals surface area contributed by atoms with Crippen LogP contribution in [0.2, 0.25) is 0 Å². The molecule has 0 radical (unpaired) electrons. The Kier molecular flexibility index (Phi) is 3.59. The third-order valence-corrected chi connectivity index (χ3v) is 2.75. The SMILES string of the molecule is CCC(O)NOc1cccc2c1CC=CC2. The maximum Gasteiger partial charge on any atom is 0.151 e. The van der Waals surface area contributed by atoms with E-state index in [2.05, 4.69) is 23.7 Å². The van der Waals surface area contributed by atoms with E-state index in [1.54, 1.807) is 0 Å². The van der Waals surface area contributed by atoms with Gasteiger partial charge in [-0.1, -0.05) is 31.2 Å². The van der Waals surface area contributed by atoms with Crippen molar-refractivity contribution < 1.29 is 9.94 Å². The molecule has 0 aromatic heterocycles. The van der Waals surface area contributed by atoms with E-state index in [9.17, 15) is 5.11 Å². The second-order valence-corrected chi connectivity index (χ2v) is 3.92. The third-order valence-electron chi connectivity index (χ3n) is 2.75. The Morgan fingerprint density at radius 3 is 3.00 bits per heavy atom. The van der Waals surface area contributed by atoms with E-state index in [1.165, 1.54) is 11.1 Å². The van der Waals surface area contributed by atoms with Crippen molar-refractivity contribution in [2.75, 3.05) is 0 Å². The highest BCUT2D eigenvalue weighted by Crippen LogP contribution is 2.26. The first-order valence-corrected chi connectivity index (χ1v) is 5.67. The van der Waals surface area contributed by atoms with Gasteiger partial charge in [0.1, 0.15) is 6.23 Å². The Morgan fingerprint density at radius 2 is 2.19 bits per heavy atom. The molecule has 1 aromatic rings. The molecule has 1 aromatic carbocycles. The Balaban J connectivity index is 2.10. The second kappa shape index (κ2) is 5.14. The summed E-state index contributed by atoms with van der Waals surface area (Å²) in [6, 6.07) is 6.02. The van der Waals surface area contributed by atoms with E-state index < -0.39 is 6.23 Å². The molecule has 0 amide bonds. The van der Waals surface area contributed by atoms with Crippen LogP contribution in [-0.4, -0.2) is 11.3 Å². The molecule has 3 heteroatoms. The van der Waals surface area contributed by atoms with Crippen molar-refractivity contribution in [1.29, 1.82) is 0 Å². The van der Waals surface area contributed by atoms with Crippen molar-refractivity contribution in [2.45, 2.75) is 32.4 Å². The number of allylic oxidation sites excluding steroid dienone is 2. The van der Waals surface area contributed by atoms with Crippen LogP contribution in [-0.2, 0) is 12.8 Å². The molecule has 0 heterocycles. The van der Waals surface area contributed by atoms with E-state index in [-0.39, 0.29) is 0 Å². The molecule has 0 saturated heterocycles. The number of nitrogens with one attached hydrogen (secondary N) is 1. The van der Waals surface area contributed by atoms with Crippen molar-refractivity contribution in [3.05, 3.63) is 41.5 Å². The van der Waals surface area contributed by atoms with Gasteiger partial charge >= 0.3 is 0 Å². The van der Waals surface area contributed by atoms with Gasteiger partial charge in [-0.3, -0.25) is 0 Å². The molecule has 1 aliphatic rings. The highest BCUT2D eigenvalue weighted by Gasteiger charge is 2.11. The Hall–Kier alpha value is -1.32. The maximum absolute atomic E-state index is 9.37. The number of hydrogen-bond acceptors (Lipinski definition) is 3. The van der Waals surface area contributed by atoms with Crippen LogP contribution in [0.15, 0.2) is 30.4 Å². The van der Waals surface area contributed by atoms with Crippen LogP contribution in [0.1, 0.15) is 24.5 Å². The second-order valence-electron chi connectivity index (χ2n) is 3.92. The van der Waals surface area contributed by atoms with Gasteiger partial charge in [0.05, 0.1) is 0 Å². The molecule has 86 valence electrons. The van der Waals surface area contributed by atoms with Crippen LogP contribution >= 0.6 is 0 Å². The first kappa shape index (κ1) is 11.2. The lowest BCUT2D eigenvalue weighted by molar-refractivity contribution is 0.0178. The summed E-state index contributed by atoms with van der Waals surface area (Å²) in [7, 11) is 0. The largest absolute Gasteiger partial charge is 0.406 e. The zero-order valence-corrected chi connectivity index (χ0v) is 9.44. The van der Waals surface area contributed by atoms with Crippen molar-refractivity contribution in [3.8, 4) is 5.75 Å².